The molecule has 0 saturated heterocycles. The third-order valence-corrected chi connectivity index (χ3v) is 2.94. The molecule has 1 atom stereocenters. The number of amides is 1. The normalized spacial score (nSPS) is 12.4. The van der Waals surface area contributed by atoms with Crippen molar-refractivity contribution in [2.24, 2.45) is 11.7 Å². The summed E-state index contributed by atoms with van der Waals surface area (Å²) in [5.74, 6) is -0.510. The highest BCUT2D eigenvalue weighted by molar-refractivity contribution is 5.94. The molecule has 7 heteroatoms. The molecule has 0 aliphatic rings. The van der Waals surface area contributed by atoms with E-state index < -0.39 is 11.9 Å². The van der Waals surface area contributed by atoms with Gasteiger partial charge in [0.25, 0.3) is 0 Å². The van der Waals surface area contributed by atoms with Crippen LogP contribution in [0.15, 0.2) is 30.9 Å². The van der Waals surface area contributed by atoms with Crippen molar-refractivity contribution >= 4 is 11.6 Å². The summed E-state index contributed by atoms with van der Waals surface area (Å²) in [7, 11) is 0. The van der Waals surface area contributed by atoms with Gasteiger partial charge in [0.15, 0.2) is 5.82 Å². The molecule has 2 aromatic rings. The zero-order valence-corrected chi connectivity index (χ0v) is 12.0. The molecule has 1 aromatic heterocycles. The lowest BCUT2D eigenvalue weighted by Crippen LogP contribution is -2.36. The highest BCUT2D eigenvalue weighted by atomic mass is 19.1. The largest absolute Gasteiger partial charge is 0.325 e. The Morgan fingerprint density at radius 1 is 1.48 bits per heavy atom. The first kappa shape index (κ1) is 15.1. The van der Waals surface area contributed by atoms with E-state index in [9.17, 15) is 9.18 Å². The van der Waals surface area contributed by atoms with Crippen molar-refractivity contribution < 1.29 is 9.18 Å². The zero-order valence-electron chi connectivity index (χ0n) is 12.0. The van der Waals surface area contributed by atoms with Gasteiger partial charge in [-0.25, -0.2) is 14.1 Å². The van der Waals surface area contributed by atoms with Crippen LogP contribution in [0.4, 0.5) is 10.1 Å². The number of rotatable bonds is 5. The van der Waals surface area contributed by atoms with Crippen LogP contribution < -0.4 is 11.1 Å². The third-order valence-electron chi connectivity index (χ3n) is 2.94. The van der Waals surface area contributed by atoms with E-state index in [0.29, 0.717) is 18.0 Å². The first-order chi connectivity index (χ1) is 9.97. The van der Waals surface area contributed by atoms with Crippen molar-refractivity contribution in [1.82, 2.24) is 14.8 Å². The van der Waals surface area contributed by atoms with E-state index in [1.165, 1.54) is 29.5 Å². The lowest BCUT2D eigenvalue weighted by atomic mass is 10.0. The number of nitrogens with one attached hydrogen (secondary N) is 1. The van der Waals surface area contributed by atoms with Gasteiger partial charge in [0, 0.05) is 5.69 Å². The number of benzene rings is 1. The summed E-state index contributed by atoms with van der Waals surface area (Å²) in [5, 5.41) is 6.47. The Bertz CT molecular complexity index is 612. The molecular weight excluding hydrogens is 273 g/mol. The second-order valence-corrected chi connectivity index (χ2v) is 5.23. The van der Waals surface area contributed by atoms with Gasteiger partial charge in [0.1, 0.15) is 18.3 Å². The maximum Gasteiger partial charge on any atom is 0.241 e. The van der Waals surface area contributed by atoms with E-state index in [2.05, 4.69) is 15.4 Å². The topological polar surface area (TPSA) is 85.8 Å². The summed E-state index contributed by atoms with van der Waals surface area (Å²) in [5.41, 5.74) is 6.41. The van der Waals surface area contributed by atoms with Crippen LogP contribution in [0.25, 0.3) is 5.69 Å². The number of hydrogen-bond donors (Lipinski definition) is 2. The van der Waals surface area contributed by atoms with Gasteiger partial charge in [-0.2, -0.15) is 5.10 Å². The number of aromatic nitrogens is 3. The van der Waals surface area contributed by atoms with E-state index in [0.717, 1.165) is 0 Å². The summed E-state index contributed by atoms with van der Waals surface area (Å²) >= 11 is 0. The van der Waals surface area contributed by atoms with Gasteiger partial charge in [0.05, 0.1) is 6.04 Å². The predicted molar refractivity (Wildman–Crippen MR) is 77.4 cm³/mol. The molecule has 1 aromatic carbocycles. The van der Waals surface area contributed by atoms with E-state index in [1.807, 2.05) is 13.8 Å². The van der Waals surface area contributed by atoms with Crippen molar-refractivity contribution in [2.45, 2.75) is 26.3 Å². The van der Waals surface area contributed by atoms with Crippen LogP contribution in [-0.2, 0) is 4.79 Å². The van der Waals surface area contributed by atoms with E-state index in [-0.39, 0.29) is 11.6 Å². The zero-order chi connectivity index (χ0) is 15.4. The molecule has 0 aliphatic heterocycles. The third kappa shape index (κ3) is 3.85. The van der Waals surface area contributed by atoms with Crippen molar-refractivity contribution in [3.63, 3.8) is 0 Å². The van der Waals surface area contributed by atoms with Gasteiger partial charge in [-0.05, 0) is 30.5 Å². The molecule has 1 unspecified atom stereocenters. The lowest BCUT2D eigenvalue weighted by molar-refractivity contribution is -0.117. The molecule has 0 spiro atoms. The number of hydrogen-bond acceptors (Lipinski definition) is 4. The number of carbonyl (C=O) groups excluding carboxylic acids is 1. The van der Waals surface area contributed by atoms with Gasteiger partial charge in [-0.1, -0.05) is 13.8 Å². The molecule has 0 radical (unpaired) electrons. The van der Waals surface area contributed by atoms with Crippen LogP contribution in [0.5, 0.6) is 0 Å². The van der Waals surface area contributed by atoms with Crippen LogP contribution in [-0.4, -0.2) is 26.7 Å². The van der Waals surface area contributed by atoms with Crippen molar-refractivity contribution in [3.8, 4) is 5.69 Å². The maximum atomic E-state index is 14.0. The van der Waals surface area contributed by atoms with Crippen LogP contribution >= 0.6 is 0 Å². The SMILES string of the molecule is CC(C)CC(N)C(=O)Nc1ccc(-n2cncn2)c(F)c1. The van der Waals surface area contributed by atoms with E-state index >= 15 is 0 Å². The number of anilines is 1. The van der Waals surface area contributed by atoms with Gasteiger partial charge in [-0.15, -0.1) is 0 Å². The van der Waals surface area contributed by atoms with Gasteiger partial charge in [0.2, 0.25) is 5.91 Å². The predicted octanol–water partition coefficient (Wildman–Crippen LogP) is 1.72. The van der Waals surface area contributed by atoms with Crippen LogP contribution in [0.1, 0.15) is 20.3 Å². The Kier molecular flexibility index (Phi) is 4.64. The second-order valence-electron chi connectivity index (χ2n) is 5.23. The first-order valence-electron chi connectivity index (χ1n) is 6.68. The first-order valence-corrected chi connectivity index (χ1v) is 6.68. The van der Waals surface area contributed by atoms with Gasteiger partial charge in [-0.3, -0.25) is 4.79 Å². The molecule has 0 bridgehead atoms. The molecule has 6 nitrogen and oxygen atoms in total. The molecule has 1 heterocycles. The van der Waals surface area contributed by atoms with Gasteiger partial charge >= 0.3 is 0 Å². The van der Waals surface area contributed by atoms with Crippen molar-refractivity contribution in [3.05, 3.63) is 36.7 Å². The summed E-state index contributed by atoms with van der Waals surface area (Å²) in [6, 6.07) is 3.74. The summed E-state index contributed by atoms with van der Waals surface area (Å²) in [4.78, 5) is 15.6. The van der Waals surface area contributed by atoms with Crippen molar-refractivity contribution in [1.29, 1.82) is 0 Å². The highest BCUT2D eigenvalue weighted by Gasteiger charge is 2.16. The molecule has 21 heavy (non-hydrogen) atoms. The number of carbonyl (C=O) groups is 1. The van der Waals surface area contributed by atoms with Crippen LogP contribution in [0.2, 0.25) is 0 Å². The average Bonchev–Trinajstić information content (AvgIpc) is 2.91. The maximum absolute atomic E-state index is 14.0. The molecule has 3 N–H and O–H groups in total. The molecule has 0 saturated carbocycles. The molecule has 2 rings (SSSR count). The molecule has 1 amide bonds. The number of nitrogens with two attached hydrogens (primary N) is 1. The monoisotopic (exact) mass is 291 g/mol. The average molecular weight is 291 g/mol. The molecular formula is C14H18FN5O. The Hall–Kier alpha value is -2.28. The van der Waals surface area contributed by atoms with E-state index in [4.69, 9.17) is 5.73 Å². The van der Waals surface area contributed by atoms with Crippen LogP contribution in [0, 0.1) is 11.7 Å². The fourth-order valence-electron chi connectivity index (χ4n) is 1.95. The minimum atomic E-state index is -0.608. The van der Waals surface area contributed by atoms with Gasteiger partial charge < -0.3 is 11.1 Å². The second kappa shape index (κ2) is 6.45. The van der Waals surface area contributed by atoms with E-state index in [1.54, 1.807) is 6.07 Å². The number of nitrogens with zero attached hydrogens (tertiary/aromatic N) is 3. The van der Waals surface area contributed by atoms with Crippen LogP contribution in [0.3, 0.4) is 0 Å². The Morgan fingerprint density at radius 2 is 2.24 bits per heavy atom. The fraction of sp³-hybridized carbons (Fsp3) is 0.357. The standard InChI is InChI=1S/C14H18FN5O/c1-9(2)5-12(16)14(21)19-10-3-4-13(11(15)6-10)20-8-17-7-18-20/h3-4,6-9,12H,5,16H2,1-2H3,(H,19,21). The fourth-order valence-corrected chi connectivity index (χ4v) is 1.95. The smallest absolute Gasteiger partial charge is 0.241 e. The Labute approximate surface area is 122 Å². The summed E-state index contributed by atoms with van der Waals surface area (Å²) in [6.07, 6.45) is 3.29. The molecule has 112 valence electrons. The van der Waals surface area contributed by atoms with Crippen molar-refractivity contribution in [2.75, 3.05) is 5.32 Å². The Morgan fingerprint density at radius 3 is 2.81 bits per heavy atom. The summed E-state index contributed by atoms with van der Waals surface area (Å²) in [6.45, 7) is 3.97. The highest BCUT2D eigenvalue weighted by Crippen LogP contribution is 2.17. The summed E-state index contributed by atoms with van der Waals surface area (Å²) < 4.78 is 15.3. The lowest BCUT2D eigenvalue weighted by Gasteiger charge is -2.14. The minimum absolute atomic E-state index is 0.261. The number of halogens is 1. The minimum Gasteiger partial charge on any atom is -0.325 e. The molecule has 0 aliphatic carbocycles. The quantitative estimate of drug-likeness (QED) is 0.878. The Balaban J connectivity index is 2.09. The molecule has 0 fully saturated rings.